The number of carboxylic acids is 1. The molecule has 0 aliphatic carbocycles. The van der Waals surface area contributed by atoms with E-state index in [0.29, 0.717) is 35.0 Å². The lowest BCUT2D eigenvalue weighted by Gasteiger charge is -2.38. The van der Waals surface area contributed by atoms with Crippen LogP contribution in [0.3, 0.4) is 0 Å². The van der Waals surface area contributed by atoms with Crippen molar-refractivity contribution in [2.75, 3.05) is 32.7 Å². The molecule has 2 aliphatic rings. The quantitative estimate of drug-likeness (QED) is 0.193. The molecule has 2 saturated heterocycles. The second-order valence-electron chi connectivity index (χ2n) is 11.1. The van der Waals surface area contributed by atoms with Crippen LogP contribution in [0.15, 0.2) is 53.1 Å². The highest BCUT2D eigenvalue weighted by atomic mass is 35.5. The fraction of sp³-hybridized carbons (Fsp3) is 0.452. The Hall–Kier alpha value is -2.50. The molecule has 5 N–H and O–H groups in total. The number of furan rings is 1. The molecule has 2 aromatic carbocycles. The summed E-state index contributed by atoms with van der Waals surface area (Å²) >= 11 is 6.03. The minimum atomic E-state index is -1.01. The Morgan fingerprint density at radius 2 is 1.81 bits per heavy atom. The second-order valence-corrected chi connectivity index (χ2v) is 11.6. The van der Waals surface area contributed by atoms with Gasteiger partial charge < -0.3 is 35.0 Å². The van der Waals surface area contributed by atoms with Crippen LogP contribution in [0.2, 0.25) is 5.02 Å². The predicted molar refractivity (Wildman–Crippen MR) is 175 cm³/mol. The normalized spacial score (nSPS) is 17.5. The number of fused-ring (bicyclic) bond motifs is 2. The van der Waals surface area contributed by atoms with Crippen LogP contribution in [0.4, 0.5) is 0 Å². The zero-order chi connectivity index (χ0) is 28.9. The fourth-order valence-electron chi connectivity index (χ4n) is 5.64. The van der Waals surface area contributed by atoms with E-state index in [1.54, 1.807) is 24.5 Å². The third-order valence-electron chi connectivity index (χ3n) is 8.13. The average Bonchev–Trinajstić information content (AvgIpc) is 3.58. The number of H-pyrrole nitrogens is 1. The first-order valence-corrected chi connectivity index (χ1v) is 14.7. The van der Waals surface area contributed by atoms with Gasteiger partial charge in [-0.2, -0.15) is 0 Å². The number of carboxylic acid groups (broad SMARTS) is 1. The van der Waals surface area contributed by atoms with Crippen molar-refractivity contribution in [3.63, 3.8) is 0 Å². The van der Waals surface area contributed by atoms with E-state index >= 15 is 0 Å². The first kappa shape index (κ1) is 35.0. The molecular formula is C31H41Cl3N4O5. The van der Waals surface area contributed by atoms with Gasteiger partial charge in [-0.15, -0.1) is 24.8 Å². The lowest BCUT2D eigenvalue weighted by atomic mass is 10.0. The second kappa shape index (κ2) is 16.0. The summed E-state index contributed by atoms with van der Waals surface area (Å²) in [7, 11) is 0. The first-order chi connectivity index (χ1) is 19.8. The number of hydrogen-bond acceptors (Lipinski definition) is 7. The lowest BCUT2D eigenvalue weighted by Crippen LogP contribution is -2.49. The number of rotatable bonds is 7. The summed E-state index contributed by atoms with van der Waals surface area (Å²) < 4.78 is 11.4. The first-order valence-electron chi connectivity index (χ1n) is 14.3. The van der Waals surface area contributed by atoms with Gasteiger partial charge in [0.2, 0.25) is 0 Å². The van der Waals surface area contributed by atoms with Crippen molar-refractivity contribution < 1.29 is 24.2 Å². The monoisotopic (exact) mass is 654 g/mol. The molecule has 0 unspecified atom stereocenters. The fourth-order valence-corrected chi connectivity index (χ4v) is 5.81. The standard InChI is InChI=1S/C18H12ClNO4.C13H27N3O.2ClH/c19-11-4-5-17-12(6-11)10(9-24-17)8-23-16-3-1-2-14-13(16)7-15(20-14)18(21)22;1-11(16-8-4-13(17)5-9-16)10-15-6-2-12(14)3-7-15;;/h1-7,9,20H,8H2,(H,21,22);11-13,17H,2-10,14H2,1H3;2*1H/t;11-;;/m.0../s1. The number of carbonyl (C=O) groups is 1. The molecular weight excluding hydrogens is 615 g/mol. The molecule has 1 atom stereocenters. The van der Waals surface area contributed by atoms with E-state index in [0.717, 1.165) is 80.3 Å². The largest absolute Gasteiger partial charge is 0.488 e. The highest BCUT2D eigenvalue weighted by molar-refractivity contribution is 6.31. The number of halogens is 3. The molecule has 4 heterocycles. The van der Waals surface area contributed by atoms with E-state index in [1.807, 2.05) is 24.3 Å². The number of aromatic carboxylic acids is 1. The number of nitrogens with zero attached hydrogens (tertiary/aromatic N) is 2. The maximum absolute atomic E-state index is 11.1. The third-order valence-corrected chi connectivity index (χ3v) is 8.37. The molecule has 4 aromatic rings. The van der Waals surface area contributed by atoms with E-state index in [4.69, 9.17) is 31.6 Å². The summed E-state index contributed by atoms with van der Waals surface area (Å²) in [5, 5.41) is 20.9. The van der Waals surface area contributed by atoms with Crippen LogP contribution in [-0.2, 0) is 6.61 Å². The van der Waals surface area contributed by atoms with E-state index < -0.39 is 5.97 Å². The Balaban J connectivity index is 0.000000238. The predicted octanol–water partition coefficient (Wildman–Crippen LogP) is 5.94. The number of piperidine rings is 2. The molecule has 0 amide bonds. The van der Waals surface area contributed by atoms with E-state index in [-0.39, 0.29) is 36.6 Å². The summed E-state index contributed by atoms with van der Waals surface area (Å²) in [6.07, 6.45) is 5.74. The van der Waals surface area contributed by atoms with Crippen LogP contribution >= 0.6 is 36.4 Å². The average molecular weight is 656 g/mol. The molecule has 12 heteroatoms. The van der Waals surface area contributed by atoms with E-state index in [1.165, 1.54) is 0 Å². The van der Waals surface area contributed by atoms with Gasteiger partial charge in [-0.05, 0) is 82.1 Å². The number of nitrogens with one attached hydrogen (secondary N) is 1. The van der Waals surface area contributed by atoms with Crippen LogP contribution in [0.5, 0.6) is 5.75 Å². The number of nitrogens with two attached hydrogens (primary N) is 1. The number of benzene rings is 2. The minimum Gasteiger partial charge on any atom is -0.488 e. The highest BCUT2D eigenvalue weighted by Gasteiger charge is 2.24. The maximum atomic E-state index is 11.1. The molecule has 0 bridgehead atoms. The zero-order valence-corrected chi connectivity index (χ0v) is 26.6. The Bertz CT molecular complexity index is 1460. The van der Waals surface area contributed by atoms with Gasteiger partial charge in [-0.25, -0.2) is 4.79 Å². The van der Waals surface area contributed by atoms with Gasteiger partial charge in [0.1, 0.15) is 23.6 Å². The van der Waals surface area contributed by atoms with Crippen molar-refractivity contribution in [2.24, 2.45) is 5.73 Å². The summed E-state index contributed by atoms with van der Waals surface area (Å²) in [5.41, 5.74) is 8.38. The maximum Gasteiger partial charge on any atom is 0.352 e. The van der Waals surface area contributed by atoms with Gasteiger partial charge in [0.15, 0.2) is 0 Å². The molecule has 0 spiro atoms. The molecule has 2 fully saturated rings. The Labute approximate surface area is 269 Å². The van der Waals surface area contributed by atoms with Crippen molar-refractivity contribution in [1.82, 2.24) is 14.8 Å². The molecule has 43 heavy (non-hydrogen) atoms. The van der Waals surface area contributed by atoms with Gasteiger partial charge in [-0.1, -0.05) is 17.7 Å². The van der Waals surface area contributed by atoms with Gasteiger partial charge >= 0.3 is 5.97 Å². The molecule has 0 radical (unpaired) electrons. The number of ether oxygens (including phenoxy) is 1. The van der Waals surface area contributed by atoms with Crippen LogP contribution in [0, 0.1) is 0 Å². The van der Waals surface area contributed by atoms with Crippen LogP contribution < -0.4 is 10.5 Å². The number of aromatic amines is 1. The van der Waals surface area contributed by atoms with E-state index in [2.05, 4.69) is 21.7 Å². The Morgan fingerprint density at radius 3 is 2.51 bits per heavy atom. The van der Waals surface area contributed by atoms with E-state index in [9.17, 15) is 9.90 Å². The number of aromatic nitrogens is 1. The SMILES string of the molecule is C[C@@H](CN1CCC(N)CC1)N1CCC(O)CC1.Cl.Cl.O=C(O)c1cc2c(OCc3coc4ccc(Cl)cc34)cccc2[nH]1. The molecule has 2 aliphatic heterocycles. The molecule has 9 nitrogen and oxygen atoms in total. The van der Waals surface area contributed by atoms with Crippen LogP contribution in [0.25, 0.3) is 21.9 Å². The summed E-state index contributed by atoms with van der Waals surface area (Å²) in [4.78, 5) is 19.0. The number of hydrogen-bond donors (Lipinski definition) is 4. The zero-order valence-electron chi connectivity index (χ0n) is 24.2. The van der Waals surface area contributed by atoms with Gasteiger partial charge in [0.25, 0.3) is 0 Å². The van der Waals surface area contributed by atoms with Gasteiger partial charge in [-0.3, -0.25) is 4.90 Å². The summed E-state index contributed by atoms with van der Waals surface area (Å²) in [6, 6.07) is 13.4. The number of aliphatic hydroxyl groups is 1. The Kier molecular flexibility index (Phi) is 13.0. The molecule has 2 aromatic heterocycles. The van der Waals surface area contributed by atoms with Gasteiger partial charge in [0, 0.05) is 58.6 Å². The van der Waals surface area contributed by atoms with Crippen molar-refractivity contribution in [3.8, 4) is 5.75 Å². The minimum absolute atomic E-state index is 0. The molecule has 0 saturated carbocycles. The molecule has 6 rings (SSSR count). The van der Waals surface area contributed by atoms with Crippen molar-refractivity contribution in [3.05, 3.63) is 65.0 Å². The summed E-state index contributed by atoms with van der Waals surface area (Å²) in [5.74, 6) is -0.403. The van der Waals surface area contributed by atoms with Crippen LogP contribution in [0.1, 0.15) is 48.7 Å². The van der Waals surface area contributed by atoms with Gasteiger partial charge in [0.05, 0.1) is 12.4 Å². The third kappa shape index (κ3) is 9.01. The topological polar surface area (TPSA) is 128 Å². The summed E-state index contributed by atoms with van der Waals surface area (Å²) in [6.45, 7) is 8.17. The van der Waals surface area contributed by atoms with Crippen molar-refractivity contribution >= 4 is 64.3 Å². The Morgan fingerprint density at radius 1 is 1.09 bits per heavy atom. The van der Waals surface area contributed by atoms with Crippen LogP contribution in [-0.4, -0.2) is 81.9 Å². The number of aliphatic hydroxyl groups excluding tert-OH is 1. The highest BCUT2D eigenvalue weighted by Crippen LogP contribution is 2.29. The van der Waals surface area contributed by atoms with Crippen molar-refractivity contribution in [2.45, 2.75) is 57.4 Å². The smallest absolute Gasteiger partial charge is 0.352 e. The molecule has 236 valence electrons. The lowest BCUT2D eigenvalue weighted by molar-refractivity contribution is 0.0507. The number of likely N-dealkylation sites (tertiary alicyclic amines) is 2. The van der Waals surface area contributed by atoms with Crippen molar-refractivity contribution in [1.29, 1.82) is 0 Å².